The van der Waals surface area contributed by atoms with Gasteiger partial charge in [0.1, 0.15) is 0 Å². The minimum absolute atomic E-state index is 0.0838. The van der Waals surface area contributed by atoms with Crippen molar-refractivity contribution in [3.05, 3.63) is 11.6 Å². The smallest absolute Gasteiger partial charge is 0.246 e. The van der Waals surface area contributed by atoms with Gasteiger partial charge in [-0.05, 0) is 48.9 Å². The highest BCUT2D eigenvalue weighted by molar-refractivity contribution is 5.75. The molecule has 3 atom stereocenters. The number of amides is 1. The molecular weight excluding hydrogens is 262 g/mol. The first-order valence-electron chi connectivity index (χ1n) is 8.19. The molecule has 0 aromatic carbocycles. The molecule has 3 heteroatoms. The van der Waals surface area contributed by atoms with Crippen LogP contribution in [0.25, 0.3) is 0 Å². The van der Waals surface area contributed by atoms with Gasteiger partial charge in [0, 0.05) is 13.5 Å². The van der Waals surface area contributed by atoms with E-state index in [9.17, 15) is 4.79 Å². The molecule has 1 saturated carbocycles. The Hall–Kier alpha value is -0.830. The highest BCUT2D eigenvalue weighted by Crippen LogP contribution is 2.60. The Morgan fingerprint density at radius 1 is 1.38 bits per heavy atom. The zero-order valence-electron chi connectivity index (χ0n) is 14.5. The molecule has 0 aromatic heterocycles. The molecule has 1 amide bonds. The molecule has 0 aliphatic heterocycles. The monoisotopic (exact) mass is 293 g/mol. The Kier molecular flexibility index (Phi) is 4.53. The first-order chi connectivity index (χ1) is 9.72. The van der Waals surface area contributed by atoms with Gasteiger partial charge in [0.15, 0.2) is 0 Å². The largest absolute Gasteiger partial charge is 0.275 e. The molecule has 2 rings (SSSR count). The summed E-state index contributed by atoms with van der Waals surface area (Å²) in [6, 6.07) is 0. The van der Waals surface area contributed by atoms with Gasteiger partial charge < -0.3 is 0 Å². The van der Waals surface area contributed by atoms with Crippen molar-refractivity contribution in [3.63, 3.8) is 0 Å². The zero-order chi connectivity index (χ0) is 15.8. The summed E-state index contributed by atoms with van der Waals surface area (Å²) in [5, 5.41) is 1.37. The Bertz CT molecular complexity index is 440. The summed E-state index contributed by atoms with van der Waals surface area (Å²) in [7, 11) is 3.25. The van der Waals surface area contributed by atoms with Crippen molar-refractivity contribution in [1.29, 1.82) is 0 Å². The van der Waals surface area contributed by atoms with E-state index in [0.717, 1.165) is 0 Å². The Morgan fingerprint density at radius 2 is 2.05 bits per heavy atom. The third kappa shape index (κ3) is 2.90. The van der Waals surface area contributed by atoms with Crippen LogP contribution in [0.5, 0.6) is 0 Å². The fraction of sp³-hybridized carbons (Fsp3) is 0.833. The average Bonchev–Trinajstić information content (AvgIpc) is 2.40. The predicted molar refractivity (Wildman–Crippen MR) is 85.5 cm³/mol. The average molecular weight is 293 g/mol. The topological polar surface area (TPSA) is 29.5 Å². The van der Waals surface area contributed by atoms with Crippen LogP contribution >= 0.6 is 0 Å². The lowest BCUT2D eigenvalue weighted by Gasteiger charge is -2.56. The van der Waals surface area contributed by atoms with Crippen molar-refractivity contribution in [1.82, 2.24) is 5.06 Å². The Balaban J connectivity index is 2.28. The van der Waals surface area contributed by atoms with E-state index in [1.807, 2.05) is 0 Å². The van der Waals surface area contributed by atoms with E-state index in [-0.39, 0.29) is 11.3 Å². The molecule has 0 N–H and O–H groups in total. The number of carbonyl (C=O) groups excluding carboxylic acids is 1. The SMILES string of the molecule is CON(C)C(=O)C[C@H]1C(C)=CC[C@H]2C(C)(C)CCC[C@]12C. The van der Waals surface area contributed by atoms with Gasteiger partial charge in [-0.25, -0.2) is 5.06 Å². The quantitative estimate of drug-likeness (QED) is 0.576. The van der Waals surface area contributed by atoms with Crippen LogP contribution in [0, 0.1) is 22.7 Å². The molecule has 2 aliphatic carbocycles. The highest BCUT2D eigenvalue weighted by atomic mass is 16.7. The van der Waals surface area contributed by atoms with Crippen molar-refractivity contribution in [3.8, 4) is 0 Å². The fourth-order valence-corrected chi connectivity index (χ4v) is 4.94. The number of allylic oxidation sites excluding steroid dienone is 2. The number of hydrogen-bond acceptors (Lipinski definition) is 2. The minimum atomic E-state index is 0.0838. The number of rotatable bonds is 3. The molecule has 3 nitrogen and oxygen atoms in total. The van der Waals surface area contributed by atoms with Gasteiger partial charge in [0.25, 0.3) is 0 Å². The van der Waals surface area contributed by atoms with Crippen molar-refractivity contribution >= 4 is 5.91 Å². The van der Waals surface area contributed by atoms with Crippen molar-refractivity contribution in [2.24, 2.45) is 22.7 Å². The third-order valence-corrected chi connectivity index (χ3v) is 6.30. The van der Waals surface area contributed by atoms with Crippen LogP contribution in [0.15, 0.2) is 11.6 Å². The molecule has 1 fully saturated rings. The van der Waals surface area contributed by atoms with Crippen LogP contribution in [0.2, 0.25) is 0 Å². The number of nitrogens with zero attached hydrogens (tertiary/aromatic N) is 1. The van der Waals surface area contributed by atoms with Crippen LogP contribution in [-0.4, -0.2) is 25.1 Å². The molecule has 0 heterocycles. The van der Waals surface area contributed by atoms with Crippen LogP contribution in [0.3, 0.4) is 0 Å². The number of carbonyl (C=O) groups is 1. The second-order valence-corrected chi connectivity index (χ2v) is 7.91. The zero-order valence-corrected chi connectivity index (χ0v) is 14.5. The minimum Gasteiger partial charge on any atom is -0.275 e. The van der Waals surface area contributed by atoms with Gasteiger partial charge in [0.05, 0.1) is 7.11 Å². The van der Waals surface area contributed by atoms with Crippen LogP contribution in [0.4, 0.5) is 0 Å². The maximum atomic E-state index is 12.3. The van der Waals surface area contributed by atoms with Crippen molar-refractivity contribution in [2.45, 2.75) is 59.8 Å². The summed E-state index contributed by atoms with van der Waals surface area (Å²) < 4.78 is 0. The lowest BCUT2D eigenvalue weighted by Crippen LogP contribution is -2.49. The van der Waals surface area contributed by atoms with Crippen LogP contribution in [-0.2, 0) is 9.63 Å². The molecule has 0 unspecified atom stereocenters. The molecule has 0 saturated heterocycles. The van der Waals surface area contributed by atoms with Gasteiger partial charge in [-0.1, -0.05) is 38.8 Å². The molecular formula is C18H31NO2. The van der Waals surface area contributed by atoms with Gasteiger partial charge in [0.2, 0.25) is 5.91 Å². The van der Waals surface area contributed by atoms with E-state index in [0.29, 0.717) is 23.7 Å². The molecule has 2 aliphatic rings. The molecule has 21 heavy (non-hydrogen) atoms. The molecule has 120 valence electrons. The Morgan fingerprint density at radius 3 is 2.67 bits per heavy atom. The van der Waals surface area contributed by atoms with E-state index < -0.39 is 0 Å². The van der Waals surface area contributed by atoms with Gasteiger partial charge in [-0.3, -0.25) is 9.63 Å². The van der Waals surface area contributed by atoms with E-state index >= 15 is 0 Å². The summed E-state index contributed by atoms with van der Waals surface area (Å²) in [4.78, 5) is 17.4. The first kappa shape index (κ1) is 16.5. The standard InChI is InChI=1S/C18H31NO2/c1-13-8-9-15-17(2,3)10-7-11-18(15,4)14(13)12-16(20)19(5)21-6/h8,14-15H,7,9-12H2,1-6H3/t14-,15-,18+/m0/s1. The fourth-order valence-electron chi connectivity index (χ4n) is 4.94. The molecule has 0 spiro atoms. The van der Waals surface area contributed by atoms with Crippen molar-refractivity contribution < 1.29 is 9.63 Å². The Labute approximate surface area is 129 Å². The summed E-state index contributed by atoms with van der Waals surface area (Å²) in [6.07, 6.45) is 7.93. The maximum Gasteiger partial charge on any atom is 0.246 e. The van der Waals surface area contributed by atoms with Gasteiger partial charge in [-0.15, -0.1) is 0 Å². The lowest BCUT2D eigenvalue weighted by molar-refractivity contribution is -0.171. The van der Waals surface area contributed by atoms with E-state index in [2.05, 4.69) is 33.8 Å². The summed E-state index contributed by atoms with van der Waals surface area (Å²) in [5.41, 5.74) is 2.01. The summed E-state index contributed by atoms with van der Waals surface area (Å²) in [6.45, 7) is 9.43. The number of hydrogen-bond donors (Lipinski definition) is 0. The van der Waals surface area contributed by atoms with E-state index in [1.54, 1.807) is 14.2 Å². The maximum absolute atomic E-state index is 12.3. The molecule has 0 bridgehead atoms. The highest BCUT2D eigenvalue weighted by Gasteiger charge is 2.52. The summed E-state index contributed by atoms with van der Waals surface area (Å²) in [5.74, 6) is 1.11. The second kappa shape index (κ2) is 5.75. The van der Waals surface area contributed by atoms with Gasteiger partial charge >= 0.3 is 0 Å². The van der Waals surface area contributed by atoms with Crippen LogP contribution in [0.1, 0.15) is 59.8 Å². The lowest BCUT2D eigenvalue weighted by atomic mass is 9.48. The molecule has 0 radical (unpaired) electrons. The van der Waals surface area contributed by atoms with Gasteiger partial charge in [-0.2, -0.15) is 0 Å². The number of fused-ring (bicyclic) bond motifs is 1. The third-order valence-electron chi connectivity index (χ3n) is 6.30. The van der Waals surface area contributed by atoms with Crippen LogP contribution < -0.4 is 0 Å². The van der Waals surface area contributed by atoms with Crippen molar-refractivity contribution in [2.75, 3.05) is 14.2 Å². The van der Waals surface area contributed by atoms with E-state index in [1.165, 1.54) is 36.3 Å². The van der Waals surface area contributed by atoms with E-state index in [4.69, 9.17) is 4.84 Å². The second-order valence-electron chi connectivity index (χ2n) is 7.91. The normalized spacial score (nSPS) is 34.9. The first-order valence-corrected chi connectivity index (χ1v) is 8.19. The molecule has 0 aromatic rings. The summed E-state index contributed by atoms with van der Waals surface area (Å²) >= 11 is 0. The predicted octanol–water partition coefficient (Wildman–Crippen LogP) is 4.20. The number of hydroxylamine groups is 2.